The number of hydrogen-bond donors (Lipinski definition) is 0. The molecule has 0 spiro atoms. The lowest BCUT2D eigenvalue weighted by Crippen LogP contribution is -2.04. The Morgan fingerprint density at radius 1 is 1.14 bits per heavy atom. The van der Waals surface area contributed by atoms with E-state index in [1.807, 2.05) is 0 Å². The van der Waals surface area contributed by atoms with E-state index >= 15 is 0 Å². The smallest absolute Gasteiger partial charge is 0.115 e. The summed E-state index contributed by atoms with van der Waals surface area (Å²) in [4.78, 5) is 4.81. The highest BCUT2D eigenvalue weighted by molar-refractivity contribution is 9.10. The highest BCUT2D eigenvalue weighted by Crippen LogP contribution is 2.27. The molecule has 0 amide bonds. The van der Waals surface area contributed by atoms with Crippen LogP contribution < -0.4 is 0 Å². The molecule has 0 saturated heterocycles. The average Bonchev–Trinajstić information content (AvgIpc) is 2.79. The van der Waals surface area contributed by atoms with Gasteiger partial charge in [-0.1, -0.05) is 28.1 Å². The van der Waals surface area contributed by atoms with Crippen LogP contribution in [0.25, 0.3) is 16.7 Å². The number of aryl methyl sites for hydroxylation is 3. The lowest BCUT2D eigenvalue weighted by atomic mass is 10.1. The monoisotopic (exact) mass is 362 g/mol. The number of halogens is 2. The summed E-state index contributed by atoms with van der Waals surface area (Å²) >= 11 is 9.49. The van der Waals surface area contributed by atoms with E-state index in [1.54, 1.807) is 0 Å². The fraction of sp³-hybridized carbons (Fsp3) is 0.235. The Balaban J connectivity index is 2.33. The fourth-order valence-corrected chi connectivity index (χ4v) is 3.32. The molecule has 0 aliphatic rings. The van der Waals surface area contributed by atoms with Crippen molar-refractivity contribution in [1.82, 2.24) is 9.55 Å². The van der Waals surface area contributed by atoms with Gasteiger partial charge in [0, 0.05) is 16.8 Å². The van der Waals surface area contributed by atoms with Crippen LogP contribution >= 0.6 is 27.5 Å². The molecule has 0 radical (unpaired) electrons. The molecule has 108 valence electrons. The maximum Gasteiger partial charge on any atom is 0.115 e. The van der Waals surface area contributed by atoms with Crippen molar-refractivity contribution >= 4 is 38.6 Å². The van der Waals surface area contributed by atoms with Gasteiger partial charge in [-0.25, -0.2) is 4.98 Å². The molecule has 0 saturated carbocycles. The van der Waals surface area contributed by atoms with Crippen molar-refractivity contribution in [2.45, 2.75) is 20.3 Å². The maximum absolute atomic E-state index is 5.97. The molecule has 4 heteroatoms. The van der Waals surface area contributed by atoms with Crippen LogP contribution in [-0.2, 0) is 6.42 Å². The number of para-hydroxylation sites is 1. The number of imidazole rings is 1. The zero-order chi connectivity index (χ0) is 15.0. The van der Waals surface area contributed by atoms with Gasteiger partial charge in [0.05, 0.1) is 16.7 Å². The largest absolute Gasteiger partial charge is 0.296 e. The molecule has 21 heavy (non-hydrogen) atoms. The number of alkyl halides is 1. The van der Waals surface area contributed by atoms with Crippen molar-refractivity contribution in [2.75, 3.05) is 5.88 Å². The standard InChI is InChI=1S/C17H16BrClN2/c1-11-4-3-5-15-17(11)20-16(8-9-19)21(15)14-7-6-13(18)10-12(14)2/h3-7,10H,8-9H2,1-2H3. The third-order valence-electron chi connectivity index (χ3n) is 3.67. The van der Waals surface area contributed by atoms with E-state index in [-0.39, 0.29) is 0 Å². The summed E-state index contributed by atoms with van der Waals surface area (Å²) in [6, 6.07) is 12.6. The van der Waals surface area contributed by atoms with Gasteiger partial charge in [-0.2, -0.15) is 0 Å². The molecule has 0 bridgehead atoms. The zero-order valence-corrected chi connectivity index (χ0v) is 14.4. The van der Waals surface area contributed by atoms with Crippen LogP contribution in [-0.4, -0.2) is 15.4 Å². The van der Waals surface area contributed by atoms with Gasteiger partial charge in [0.2, 0.25) is 0 Å². The first-order chi connectivity index (χ1) is 10.1. The first kappa shape index (κ1) is 14.6. The predicted molar refractivity (Wildman–Crippen MR) is 92.7 cm³/mol. The van der Waals surface area contributed by atoms with E-state index in [0.717, 1.165) is 33.4 Å². The minimum Gasteiger partial charge on any atom is -0.296 e. The summed E-state index contributed by atoms with van der Waals surface area (Å²) in [5.74, 6) is 1.58. The van der Waals surface area contributed by atoms with Gasteiger partial charge in [-0.15, -0.1) is 11.6 Å². The number of aromatic nitrogens is 2. The molecule has 0 aliphatic heterocycles. The molecular formula is C17H16BrClN2. The second kappa shape index (κ2) is 5.82. The zero-order valence-electron chi connectivity index (χ0n) is 12.0. The van der Waals surface area contributed by atoms with Crippen molar-refractivity contribution in [2.24, 2.45) is 0 Å². The van der Waals surface area contributed by atoms with E-state index in [9.17, 15) is 0 Å². The molecular weight excluding hydrogens is 348 g/mol. The molecule has 0 fully saturated rings. The number of rotatable bonds is 3. The summed E-state index contributed by atoms with van der Waals surface area (Å²) in [6.45, 7) is 4.21. The Kier molecular flexibility index (Phi) is 4.05. The van der Waals surface area contributed by atoms with Crippen LogP contribution in [0.3, 0.4) is 0 Å². The summed E-state index contributed by atoms with van der Waals surface area (Å²) in [6.07, 6.45) is 0.755. The van der Waals surface area contributed by atoms with Gasteiger partial charge >= 0.3 is 0 Å². The van der Waals surface area contributed by atoms with Crippen LogP contribution in [0, 0.1) is 13.8 Å². The lowest BCUT2D eigenvalue weighted by molar-refractivity contribution is 0.906. The van der Waals surface area contributed by atoms with Crippen molar-refractivity contribution in [3.63, 3.8) is 0 Å². The van der Waals surface area contributed by atoms with Gasteiger partial charge in [-0.05, 0) is 49.2 Å². The van der Waals surface area contributed by atoms with E-state index in [2.05, 4.69) is 70.7 Å². The highest BCUT2D eigenvalue weighted by atomic mass is 79.9. The van der Waals surface area contributed by atoms with E-state index < -0.39 is 0 Å². The van der Waals surface area contributed by atoms with Crippen LogP contribution in [0.4, 0.5) is 0 Å². The minimum atomic E-state index is 0.567. The number of fused-ring (bicyclic) bond motifs is 1. The van der Waals surface area contributed by atoms with Crippen LogP contribution in [0.1, 0.15) is 17.0 Å². The van der Waals surface area contributed by atoms with Crippen LogP contribution in [0.5, 0.6) is 0 Å². The average molecular weight is 364 g/mol. The van der Waals surface area contributed by atoms with Crippen molar-refractivity contribution < 1.29 is 0 Å². The Bertz CT molecular complexity index is 808. The topological polar surface area (TPSA) is 17.8 Å². The lowest BCUT2D eigenvalue weighted by Gasteiger charge is -2.12. The number of nitrogens with zero attached hydrogens (tertiary/aromatic N) is 2. The van der Waals surface area contributed by atoms with Crippen molar-refractivity contribution in [1.29, 1.82) is 0 Å². The molecule has 1 heterocycles. The van der Waals surface area contributed by atoms with E-state index in [1.165, 1.54) is 11.1 Å². The highest BCUT2D eigenvalue weighted by Gasteiger charge is 2.14. The first-order valence-corrected chi connectivity index (χ1v) is 8.24. The van der Waals surface area contributed by atoms with Gasteiger partial charge in [0.1, 0.15) is 5.82 Å². The summed E-state index contributed by atoms with van der Waals surface area (Å²) in [5, 5.41) is 0. The number of benzene rings is 2. The van der Waals surface area contributed by atoms with Crippen molar-refractivity contribution in [3.8, 4) is 5.69 Å². The second-order valence-electron chi connectivity index (χ2n) is 5.18. The molecule has 1 aromatic heterocycles. The summed E-state index contributed by atoms with van der Waals surface area (Å²) in [5.41, 5.74) is 5.75. The molecule has 0 aliphatic carbocycles. The Morgan fingerprint density at radius 3 is 2.67 bits per heavy atom. The minimum absolute atomic E-state index is 0.567. The van der Waals surface area contributed by atoms with Gasteiger partial charge in [0.15, 0.2) is 0 Å². The quantitative estimate of drug-likeness (QED) is 0.586. The Hall–Kier alpha value is -1.32. The van der Waals surface area contributed by atoms with Crippen molar-refractivity contribution in [3.05, 3.63) is 57.8 Å². The predicted octanol–water partition coefficient (Wildman–Crippen LogP) is 5.19. The SMILES string of the molecule is Cc1cc(Br)ccc1-n1c(CCCl)nc2c(C)cccc21. The molecule has 0 N–H and O–H groups in total. The third kappa shape index (κ3) is 2.60. The molecule has 2 nitrogen and oxygen atoms in total. The normalized spacial score (nSPS) is 11.2. The molecule has 0 atom stereocenters. The Morgan fingerprint density at radius 2 is 1.95 bits per heavy atom. The van der Waals surface area contributed by atoms with Gasteiger partial charge < -0.3 is 0 Å². The summed E-state index contributed by atoms with van der Waals surface area (Å²) < 4.78 is 3.31. The number of hydrogen-bond acceptors (Lipinski definition) is 1. The molecule has 3 aromatic rings. The first-order valence-electron chi connectivity index (χ1n) is 6.91. The fourth-order valence-electron chi connectivity index (χ4n) is 2.68. The van der Waals surface area contributed by atoms with Crippen LogP contribution in [0.15, 0.2) is 40.9 Å². The van der Waals surface area contributed by atoms with E-state index in [0.29, 0.717) is 5.88 Å². The van der Waals surface area contributed by atoms with Gasteiger partial charge in [0.25, 0.3) is 0 Å². The van der Waals surface area contributed by atoms with E-state index in [4.69, 9.17) is 16.6 Å². The molecule has 0 unspecified atom stereocenters. The Labute approximate surface area is 137 Å². The molecule has 3 rings (SSSR count). The third-order valence-corrected chi connectivity index (χ3v) is 4.36. The summed E-state index contributed by atoms with van der Waals surface area (Å²) in [7, 11) is 0. The molecule has 2 aromatic carbocycles. The second-order valence-corrected chi connectivity index (χ2v) is 6.47. The maximum atomic E-state index is 5.97. The van der Waals surface area contributed by atoms with Gasteiger partial charge in [-0.3, -0.25) is 4.57 Å². The van der Waals surface area contributed by atoms with Crippen LogP contribution in [0.2, 0.25) is 0 Å².